The van der Waals surface area contributed by atoms with Crippen LogP contribution in [-0.2, 0) is 16.1 Å². The second-order valence-corrected chi connectivity index (χ2v) is 6.17. The summed E-state index contributed by atoms with van der Waals surface area (Å²) in [6.45, 7) is 3.46. The van der Waals surface area contributed by atoms with E-state index in [1.165, 1.54) is 12.1 Å². The maximum atomic E-state index is 13.4. The number of carbonyl (C=O) groups is 1. The summed E-state index contributed by atoms with van der Waals surface area (Å²) >= 11 is 0. The number of hydrogen-bond donors (Lipinski definition) is 1. The Balaban J connectivity index is 0.00000192. The van der Waals surface area contributed by atoms with Crippen LogP contribution >= 0.6 is 12.4 Å². The zero-order valence-electron chi connectivity index (χ0n) is 13.2. The maximum Gasteiger partial charge on any atom is 0.227 e. The van der Waals surface area contributed by atoms with Gasteiger partial charge in [-0.1, -0.05) is 12.1 Å². The SMILES string of the molecule is Cl.O=C(C1CCNC1)N(Cc1cccc(F)c1)CC1CCCO1. The van der Waals surface area contributed by atoms with Gasteiger partial charge in [-0.05, 0) is 43.5 Å². The van der Waals surface area contributed by atoms with Crippen molar-refractivity contribution in [2.45, 2.75) is 31.9 Å². The molecule has 3 rings (SSSR count). The van der Waals surface area contributed by atoms with Gasteiger partial charge in [0.1, 0.15) is 5.82 Å². The largest absolute Gasteiger partial charge is 0.376 e. The van der Waals surface area contributed by atoms with Gasteiger partial charge in [-0.25, -0.2) is 4.39 Å². The topological polar surface area (TPSA) is 41.6 Å². The Morgan fingerprint density at radius 1 is 1.39 bits per heavy atom. The summed E-state index contributed by atoms with van der Waals surface area (Å²) < 4.78 is 19.1. The van der Waals surface area contributed by atoms with Gasteiger partial charge >= 0.3 is 0 Å². The molecular weight excluding hydrogens is 319 g/mol. The Labute approximate surface area is 142 Å². The smallest absolute Gasteiger partial charge is 0.227 e. The highest BCUT2D eigenvalue weighted by atomic mass is 35.5. The fourth-order valence-corrected chi connectivity index (χ4v) is 3.25. The first-order chi connectivity index (χ1) is 10.7. The predicted octanol–water partition coefficient (Wildman–Crippen LogP) is 2.36. The monoisotopic (exact) mass is 342 g/mol. The van der Waals surface area contributed by atoms with Gasteiger partial charge < -0.3 is 15.0 Å². The van der Waals surface area contributed by atoms with Crippen LogP contribution in [0.1, 0.15) is 24.8 Å². The zero-order chi connectivity index (χ0) is 15.4. The van der Waals surface area contributed by atoms with Crippen molar-refractivity contribution in [2.75, 3.05) is 26.2 Å². The van der Waals surface area contributed by atoms with Crippen molar-refractivity contribution >= 4 is 18.3 Å². The highest BCUT2D eigenvalue weighted by molar-refractivity contribution is 5.85. The van der Waals surface area contributed by atoms with E-state index in [4.69, 9.17) is 4.74 Å². The highest BCUT2D eigenvalue weighted by Crippen LogP contribution is 2.19. The molecule has 2 saturated heterocycles. The molecule has 128 valence electrons. The van der Waals surface area contributed by atoms with Crippen LogP contribution in [0.15, 0.2) is 24.3 Å². The second-order valence-electron chi connectivity index (χ2n) is 6.17. The van der Waals surface area contributed by atoms with E-state index in [0.717, 1.165) is 44.5 Å². The highest BCUT2D eigenvalue weighted by Gasteiger charge is 2.29. The van der Waals surface area contributed by atoms with Gasteiger partial charge in [0.05, 0.1) is 12.0 Å². The van der Waals surface area contributed by atoms with Gasteiger partial charge in [-0.3, -0.25) is 4.79 Å². The third kappa shape index (κ3) is 4.90. The average molecular weight is 343 g/mol. The van der Waals surface area contributed by atoms with Crippen LogP contribution in [0.25, 0.3) is 0 Å². The van der Waals surface area contributed by atoms with Gasteiger partial charge in [0.15, 0.2) is 0 Å². The second kappa shape index (κ2) is 8.62. The number of hydrogen-bond acceptors (Lipinski definition) is 3. The lowest BCUT2D eigenvalue weighted by Gasteiger charge is -2.28. The van der Waals surface area contributed by atoms with Crippen LogP contribution in [0.2, 0.25) is 0 Å². The molecule has 0 aliphatic carbocycles. The average Bonchev–Trinajstić information content (AvgIpc) is 3.19. The number of halogens is 2. The van der Waals surface area contributed by atoms with Crippen molar-refractivity contribution in [2.24, 2.45) is 5.92 Å². The van der Waals surface area contributed by atoms with Crippen LogP contribution in [0, 0.1) is 11.7 Å². The van der Waals surface area contributed by atoms with E-state index in [1.807, 2.05) is 11.0 Å². The van der Waals surface area contributed by atoms with Crippen LogP contribution in [0.4, 0.5) is 4.39 Å². The molecule has 1 amide bonds. The van der Waals surface area contributed by atoms with E-state index in [-0.39, 0.29) is 36.2 Å². The number of benzene rings is 1. The summed E-state index contributed by atoms with van der Waals surface area (Å²) in [4.78, 5) is 14.6. The van der Waals surface area contributed by atoms with Gasteiger partial charge in [0.2, 0.25) is 5.91 Å². The van der Waals surface area contributed by atoms with Crippen molar-refractivity contribution in [1.29, 1.82) is 0 Å². The summed E-state index contributed by atoms with van der Waals surface area (Å²) in [6, 6.07) is 6.49. The third-order valence-electron chi connectivity index (χ3n) is 4.43. The number of nitrogens with zero attached hydrogens (tertiary/aromatic N) is 1. The molecule has 1 aromatic rings. The Hall–Kier alpha value is -1.17. The molecule has 23 heavy (non-hydrogen) atoms. The van der Waals surface area contributed by atoms with E-state index in [2.05, 4.69) is 5.32 Å². The first-order valence-corrected chi connectivity index (χ1v) is 8.08. The van der Waals surface area contributed by atoms with Crippen molar-refractivity contribution in [3.63, 3.8) is 0 Å². The number of ether oxygens (including phenoxy) is 1. The molecule has 1 aromatic carbocycles. The number of amides is 1. The Morgan fingerprint density at radius 2 is 2.26 bits per heavy atom. The summed E-state index contributed by atoms with van der Waals surface area (Å²) in [5.74, 6) is -0.0655. The molecule has 2 fully saturated rings. The standard InChI is InChI=1S/C17H23FN2O2.ClH/c18-15-4-1-3-13(9-15)11-20(12-16-5-2-8-22-16)17(21)14-6-7-19-10-14;/h1,3-4,9,14,16,19H,2,5-8,10-12H2;1H. The minimum atomic E-state index is -0.260. The molecule has 2 aliphatic heterocycles. The van der Waals surface area contributed by atoms with Crippen LogP contribution < -0.4 is 5.32 Å². The lowest BCUT2D eigenvalue weighted by Crippen LogP contribution is -2.41. The number of nitrogens with one attached hydrogen (secondary N) is 1. The third-order valence-corrected chi connectivity index (χ3v) is 4.43. The molecule has 6 heteroatoms. The molecule has 0 bridgehead atoms. The van der Waals surface area contributed by atoms with Crippen molar-refractivity contribution in [3.05, 3.63) is 35.6 Å². The van der Waals surface area contributed by atoms with E-state index in [1.54, 1.807) is 6.07 Å². The molecular formula is C17H24ClFN2O2. The van der Waals surface area contributed by atoms with Gasteiger partial charge in [-0.15, -0.1) is 12.4 Å². The van der Waals surface area contributed by atoms with E-state index >= 15 is 0 Å². The van der Waals surface area contributed by atoms with Crippen LogP contribution in [0.3, 0.4) is 0 Å². The molecule has 2 unspecified atom stereocenters. The fourth-order valence-electron chi connectivity index (χ4n) is 3.25. The van der Waals surface area contributed by atoms with Gasteiger partial charge in [-0.2, -0.15) is 0 Å². The molecule has 2 aliphatic rings. The van der Waals surface area contributed by atoms with E-state index < -0.39 is 0 Å². The fraction of sp³-hybridized carbons (Fsp3) is 0.588. The zero-order valence-corrected chi connectivity index (χ0v) is 14.0. The van der Waals surface area contributed by atoms with Crippen molar-refractivity contribution < 1.29 is 13.9 Å². The van der Waals surface area contributed by atoms with Crippen LogP contribution in [-0.4, -0.2) is 43.2 Å². The Kier molecular flexibility index (Phi) is 6.81. The Morgan fingerprint density at radius 3 is 2.91 bits per heavy atom. The number of carbonyl (C=O) groups excluding carboxylic acids is 1. The number of rotatable bonds is 5. The summed E-state index contributed by atoms with van der Waals surface area (Å²) in [5.41, 5.74) is 0.831. The van der Waals surface area contributed by atoms with Crippen molar-refractivity contribution in [3.8, 4) is 0 Å². The minimum Gasteiger partial charge on any atom is -0.376 e. The van der Waals surface area contributed by atoms with Gasteiger partial charge in [0, 0.05) is 26.2 Å². The first kappa shape index (κ1) is 18.2. The summed E-state index contributed by atoms with van der Waals surface area (Å²) in [6.07, 6.45) is 3.05. The molecule has 0 saturated carbocycles. The quantitative estimate of drug-likeness (QED) is 0.893. The first-order valence-electron chi connectivity index (χ1n) is 8.08. The van der Waals surface area contributed by atoms with Crippen LogP contribution in [0.5, 0.6) is 0 Å². The molecule has 2 atom stereocenters. The molecule has 0 spiro atoms. The molecule has 1 N–H and O–H groups in total. The minimum absolute atomic E-state index is 0. The van der Waals surface area contributed by atoms with E-state index in [0.29, 0.717) is 13.1 Å². The summed E-state index contributed by atoms with van der Waals surface area (Å²) in [5, 5.41) is 3.24. The molecule has 4 nitrogen and oxygen atoms in total. The Bertz CT molecular complexity index is 517. The lowest BCUT2D eigenvalue weighted by atomic mass is 10.1. The van der Waals surface area contributed by atoms with E-state index in [9.17, 15) is 9.18 Å². The van der Waals surface area contributed by atoms with Gasteiger partial charge in [0.25, 0.3) is 0 Å². The maximum absolute atomic E-state index is 13.4. The lowest BCUT2D eigenvalue weighted by molar-refractivity contribution is -0.137. The molecule has 2 heterocycles. The normalized spacial score (nSPS) is 23.5. The summed E-state index contributed by atoms with van der Waals surface area (Å²) in [7, 11) is 0. The predicted molar refractivity (Wildman–Crippen MR) is 89.0 cm³/mol. The van der Waals surface area contributed by atoms with Crippen molar-refractivity contribution in [1.82, 2.24) is 10.2 Å². The molecule has 0 aromatic heterocycles. The molecule has 0 radical (unpaired) electrons.